The minimum absolute atomic E-state index is 0.853. The predicted molar refractivity (Wildman–Crippen MR) is 75.7 cm³/mol. The van der Waals surface area contributed by atoms with Crippen LogP contribution in [0, 0.1) is 0 Å². The normalized spacial score (nSPS) is 15.4. The molecule has 0 aliphatic carbocycles. The number of hydrogen-bond acceptors (Lipinski definition) is 6. The molecule has 0 bridgehead atoms. The van der Waals surface area contributed by atoms with E-state index in [1.165, 1.54) is 23.9 Å². The SMILES string of the molecule is COc1ccc(C2=NSC(SC)=NS2)cc1. The van der Waals surface area contributed by atoms with Gasteiger partial charge in [0, 0.05) is 29.5 Å². The molecule has 0 unspecified atom stereocenters. The summed E-state index contributed by atoms with van der Waals surface area (Å²) in [7, 11) is 1.66. The lowest BCUT2D eigenvalue weighted by Crippen LogP contribution is -1.98. The molecule has 1 aromatic rings. The van der Waals surface area contributed by atoms with E-state index in [0.29, 0.717) is 0 Å². The molecule has 6 heteroatoms. The van der Waals surface area contributed by atoms with E-state index in [9.17, 15) is 0 Å². The van der Waals surface area contributed by atoms with Crippen LogP contribution in [0.1, 0.15) is 5.56 Å². The summed E-state index contributed by atoms with van der Waals surface area (Å²) in [6.07, 6.45) is 2.00. The largest absolute Gasteiger partial charge is 0.497 e. The highest BCUT2D eigenvalue weighted by Gasteiger charge is 2.11. The number of methoxy groups -OCH3 is 1. The Labute approximate surface area is 107 Å². The van der Waals surface area contributed by atoms with Crippen molar-refractivity contribution < 1.29 is 4.74 Å². The molecule has 2 rings (SSSR count). The van der Waals surface area contributed by atoms with Gasteiger partial charge in [-0.05, 0) is 30.5 Å². The maximum Gasteiger partial charge on any atom is 0.160 e. The number of thioether (sulfide) groups is 1. The maximum absolute atomic E-state index is 5.11. The van der Waals surface area contributed by atoms with Crippen LogP contribution in [0.15, 0.2) is 33.1 Å². The van der Waals surface area contributed by atoms with Crippen molar-refractivity contribution in [1.82, 2.24) is 0 Å². The molecule has 0 saturated heterocycles. The first-order valence-corrected chi connectivity index (χ1v) is 7.29. The fourth-order valence-corrected chi connectivity index (χ4v) is 3.09. The summed E-state index contributed by atoms with van der Waals surface area (Å²) in [6, 6.07) is 7.84. The molecule has 1 aromatic carbocycles. The van der Waals surface area contributed by atoms with Crippen LogP contribution in [0.25, 0.3) is 0 Å². The minimum atomic E-state index is 0.853. The van der Waals surface area contributed by atoms with Crippen molar-refractivity contribution in [2.75, 3.05) is 13.4 Å². The van der Waals surface area contributed by atoms with E-state index in [-0.39, 0.29) is 0 Å². The molecular formula is C10H10N2OS3. The smallest absolute Gasteiger partial charge is 0.160 e. The van der Waals surface area contributed by atoms with Crippen LogP contribution in [-0.2, 0) is 0 Å². The van der Waals surface area contributed by atoms with Crippen LogP contribution in [0.4, 0.5) is 0 Å². The summed E-state index contributed by atoms with van der Waals surface area (Å²) in [5.41, 5.74) is 1.07. The molecule has 1 aliphatic rings. The van der Waals surface area contributed by atoms with Gasteiger partial charge in [-0.2, -0.15) is 8.80 Å². The molecule has 1 heterocycles. The third-order valence-corrected chi connectivity index (χ3v) is 4.73. The molecule has 0 spiro atoms. The second-order valence-corrected chi connectivity index (χ2v) is 5.43. The lowest BCUT2D eigenvalue weighted by Gasteiger charge is -2.08. The summed E-state index contributed by atoms with van der Waals surface area (Å²) in [6.45, 7) is 0. The van der Waals surface area contributed by atoms with Gasteiger partial charge < -0.3 is 4.74 Å². The Bertz CT molecular complexity index is 428. The van der Waals surface area contributed by atoms with Crippen molar-refractivity contribution in [2.45, 2.75) is 0 Å². The van der Waals surface area contributed by atoms with Gasteiger partial charge in [-0.25, -0.2) is 0 Å². The molecule has 0 radical (unpaired) electrons. The Morgan fingerprint density at radius 2 is 1.88 bits per heavy atom. The van der Waals surface area contributed by atoms with E-state index in [2.05, 4.69) is 8.80 Å². The molecule has 0 N–H and O–H groups in total. The minimum Gasteiger partial charge on any atom is -0.497 e. The zero-order valence-corrected chi connectivity index (χ0v) is 11.3. The number of rotatable bonds is 2. The first-order valence-electron chi connectivity index (χ1n) is 4.52. The van der Waals surface area contributed by atoms with Gasteiger partial charge in [-0.15, -0.1) is 11.8 Å². The van der Waals surface area contributed by atoms with Crippen molar-refractivity contribution >= 4 is 45.1 Å². The first kappa shape index (κ1) is 11.9. The van der Waals surface area contributed by atoms with Gasteiger partial charge >= 0.3 is 0 Å². The van der Waals surface area contributed by atoms with Crippen molar-refractivity contribution in [2.24, 2.45) is 8.80 Å². The van der Waals surface area contributed by atoms with Crippen LogP contribution < -0.4 is 4.74 Å². The highest BCUT2D eigenvalue weighted by molar-refractivity contribution is 8.39. The molecular weight excluding hydrogens is 260 g/mol. The van der Waals surface area contributed by atoms with E-state index in [0.717, 1.165) is 20.7 Å². The van der Waals surface area contributed by atoms with E-state index in [1.807, 2.05) is 30.5 Å². The quantitative estimate of drug-likeness (QED) is 0.771. The van der Waals surface area contributed by atoms with Crippen LogP contribution in [0.3, 0.4) is 0 Å². The Hall–Kier alpha value is -0.590. The fourth-order valence-electron chi connectivity index (χ4n) is 1.11. The molecule has 0 fully saturated rings. The average Bonchev–Trinajstić information content (AvgIpc) is 2.39. The van der Waals surface area contributed by atoms with Gasteiger partial charge in [0.2, 0.25) is 0 Å². The maximum atomic E-state index is 5.11. The summed E-state index contributed by atoms with van der Waals surface area (Å²) < 4.78 is 14.9. The molecule has 0 atom stereocenters. The summed E-state index contributed by atoms with van der Waals surface area (Å²) in [5, 5.41) is 0.936. The summed E-state index contributed by atoms with van der Waals surface area (Å²) >= 11 is 4.46. The van der Waals surface area contributed by atoms with Crippen molar-refractivity contribution in [3.05, 3.63) is 29.8 Å². The van der Waals surface area contributed by atoms with Gasteiger partial charge in [-0.1, -0.05) is 0 Å². The number of nitrogens with zero attached hydrogens (tertiary/aromatic N) is 2. The second-order valence-electron chi connectivity index (χ2n) is 2.87. The molecule has 0 saturated carbocycles. The Balaban J connectivity index is 2.11. The first-order chi connectivity index (χ1) is 7.83. The Morgan fingerprint density at radius 1 is 1.12 bits per heavy atom. The number of ether oxygens (including phenoxy) is 1. The van der Waals surface area contributed by atoms with Crippen molar-refractivity contribution in [1.29, 1.82) is 0 Å². The average molecular weight is 270 g/mol. The Morgan fingerprint density at radius 3 is 2.38 bits per heavy atom. The number of benzene rings is 1. The predicted octanol–water partition coefficient (Wildman–Crippen LogP) is 3.47. The molecule has 0 aromatic heterocycles. The molecule has 3 nitrogen and oxygen atoms in total. The molecule has 84 valence electrons. The zero-order chi connectivity index (χ0) is 11.4. The topological polar surface area (TPSA) is 34.0 Å². The monoisotopic (exact) mass is 270 g/mol. The van der Waals surface area contributed by atoms with Crippen LogP contribution in [0.2, 0.25) is 0 Å². The van der Waals surface area contributed by atoms with Crippen molar-refractivity contribution in [3.8, 4) is 5.75 Å². The summed E-state index contributed by atoms with van der Waals surface area (Å²) in [5.74, 6) is 0.853. The summed E-state index contributed by atoms with van der Waals surface area (Å²) in [4.78, 5) is 0. The van der Waals surface area contributed by atoms with Gasteiger partial charge in [0.1, 0.15) is 10.8 Å². The third-order valence-electron chi connectivity index (χ3n) is 1.92. The van der Waals surface area contributed by atoms with Gasteiger partial charge in [0.25, 0.3) is 0 Å². The van der Waals surface area contributed by atoms with E-state index >= 15 is 0 Å². The standard InChI is InChI=1S/C10H10N2OS3/c1-13-8-5-3-7(4-6-8)9-11-16-10(14-2)12-15-9/h3-6H,1-2H3. The number of hydrogen-bond donors (Lipinski definition) is 0. The van der Waals surface area contributed by atoms with Crippen LogP contribution in [0.5, 0.6) is 5.75 Å². The molecule has 0 amide bonds. The lowest BCUT2D eigenvalue weighted by molar-refractivity contribution is 0.415. The highest BCUT2D eigenvalue weighted by atomic mass is 32.2. The second kappa shape index (κ2) is 5.65. The van der Waals surface area contributed by atoms with Crippen LogP contribution >= 0.6 is 35.7 Å². The third kappa shape index (κ3) is 2.75. The fraction of sp³-hybridized carbons (Fsp3) is 0.200. The zero-order valence-electron chi connectivity index (χ0n) is 8.84. The van der Waals surface area contributed by atoms with Gasteiger partial charge in [-0.3, -0.25) is 0 Å². The van der Waals surface area contributed by atoms with E-state index in [1.54, 1.807) is 18.9 Å². The highest BCUT2D eigenvalue weighted by Crippen LogP contribution is 2.30. The lowest BCUT2D eigenvalue weighted by atomic mass is 10.2. The van der Waals surface area contributed by atoms with Gasteiger partial charge in [0.15, 0.2) is 4.38 Å². The van der Waals surface area contributed by atoms with E-state index in [4.69, 9.17) is 4.74 Å². The van der Waals surface area contributed by atoms with Crippen molar-refractivity contribution in [3.63, 3.8) is 0 Å². The van der Waals surface area contributed by atoms with Crippen LogP contribution in [-0.4, -0.2) is 22.8 Å². The molecule has 16 heavy (non-hydrogen) atoms. The van der Waals surface area contributed by atoms with E-state index < -0.39 is 0 Å². The van der Waals surface area contributed by atoms with Gasteiger partial charge in [0.05, 0.1) is 7.11 Å². The molecule has 1 aliphatic heterocycles. The Kier molecular flexibility index (Phi) is 4.20.